The van der Waals surface area contributed by atoms with Crippen molar-refractivity contribution in [2.24, 2.45) is 0 Å². The maximum absolute atomic E-state index is 12.7. The highest BCUT2D eigenvalue weighted by atomic mass is 16.7. The maximum Gasteiger partial charge on any atom is 0.231 e. The topological polar surface area (TPSA) is 67.5 Å². The minimum atomic E-state index is 0.0644. The molecule has 0 saturated heterocycles. The third kappa shape index (κ3) is 3.03. The number of ether oxygens (including phenoxy) is 2. The summed E-state index contributed by atoms with van der Waals surface area (Å²) in [6.45, 7) is 3.41. The summed E-state index contributed by atoms with van der Waals surface area (Å²) in [7, 11) is 0. The minimum Gasteiger partial charge on any atom is -0.454 e. The van der Waals surface area contributed by atoms with Gasteiger partial charge in [0.25, 0.3) is 0 Å². The molecule has 3 aromatic rings. The standard InChI is InChI=1S/C19H19N3O3/c1-2-22(11-13-7-8-17-18(9-13)25-12-24-17)19(23)10-16-14-5-3-4-6-15(14)20-21-16/h3-9H,2,10-12H2,1H3,(H,20,21). The zero-order valence-corrected chi connectivity index (χ0v) is 14.0. The van der Waals surface area contributed by atoms with Crippen molar-refractivity contribution < 1.29 is 14.3 Å². The number of rotatable bonds is 5. The number of hydrogen-bond acceptors (Lipinski definition) is 4. The molecule has 2 heterocycles. The Balaban J connectivity index is 1.49. The predicted molar refractivity (Wildman–Crippen MR) is 93.5 cm³/mol. The molecule has 1 aromatic heterocycles. The van der Waals surface area contributed by atoms with Crippen LogP contribution in [0.25, 0.3) is 10.9 Å². The van der Waals surface area contributed by atoms with E-state index >= 15 is 0 Å². The first-order chi connectivity index (χ1) is 12.2. The fourth-order valence-electron chi connectivity index (χ4n) is 3.05. The lowest BCUT2D eigenvalue weighted by molar-refractivity contribution is -0.130. The lowest BCUT2D eigenvalue weighted by Gasteiger charge is -2.21. The fourth-order valence-corrected chi connectivity index (χ4v) is 3.05. The number of nitrogens with zero attached hydrogens (tertiary/aromatic N) is 2. The molecule has 6 nitrogen and oxygen atoms in total. The highest BCUT2D eigenvalue weighted by molar-refractivity contribution is 5.87. The molecule has 0 bridgehead atoms. The van der Waals surface area contributed by atoms with Crippen LogP contribution in [0.15, 0.2) is 42.5 Å². The summed E-state index contributed by atoms with van der Waals surface area (Å²) < 4.78 is 10.7. The Labute approximate surface area is 145 Å². The molecule has 6 heteroatoms. The summed E-state index contributed by atoms with van der Waals surface area (Å²) in [6, 6.07) is 13.6. The Morgan fingerprint density at radius 3 is 2.92 bits per heavy atom. The number of aromatic nitrogens is 2. The zero-order chi connectivity index (χ0) is 17.2. The van der Waals surface area contributed by atoms with Crippen molar-refractivity contribution in [1.29, 1.82) is 0 Å². The van der Waals surface area contributed by atoms with Gasteiger partial charge >= 0.3 is 0 Å². The Kier molecular flexibility index (Phi) is 4.01. The van der Waals surface area contributed by atoms with Gasteiger partial charge in [-0.15, -0.1) is 0 Å². The van der Waals surface area contributed by atoms with Crippen LogP contribution >= 0.6 is 0 Å². The number of amides is 1. The zero-order valence-electron chi connectivity index (χ0n) is 14.0. The monoisotopic (exact) mass is 337 g/mol. The summed E-state index contributed by atoms with van der Waals surface area (Å²) in [4.78, 5) is 14.6. The summed E-state index contributed by atoms with van der Waals surface area (Å²) in [6.07, 6.45) is 0.304. The first kappa shape index (κ1) is 15.5. The summed E-state index contributed by atoms with van der Waals surface area (Å²) in [5.74, 6) is 1.55. The van der Waals surface area contributed by atoms with Crippen LogP contribution in [0.5, 0.6) is 11.5 Å². The van der Waals surface area contributed by atoms with E-state index in [-0.39, 0.29) is 12.7 Å². The van der Waals surface area contributed by atoms with Crippen molar-refractivity contribution in [3.8, 4) is 11.5 Å². The molecule has 25 heavy (non-hydrogen) atoms. The molecule has 0 spiro atoms. The Morgan fingerprint density at radius 2 is 2.04 bits per heavy atom. The van der Waals surface area contributed by atoms with Gasteiger partial charge in [0.15, 0.2) is 11.5 Å². The number of benzene rings is 2. The van der Waals surface area contributed by atoms with E-state index in [1.807, 2.05) is 54.3 Å². The van der Waals surface area contributed by atoms with E-state index in [0.717, 1.165) is 33.7 Å². The van der Waals surface area contributed by atoms with Gasteiger partial charge in [-0.2, -0.15) is 5.10 Å². The van der Waals surface area contributed by atoms with E-state index in [1.54, 1.807) is 0 Å². The smallest absolute Gasteiger partial charge is 0.231 e. The van der Waals surface area contributed by atoms with Crippen LogP contribution in [-0.2, 0) is 17.8 Å². The number of carbonyl (C=O) groups is 1. The molecule has 2 aromatic carbocycles. The van der Waals surface area contributed by atoms with Crippen molar-refractivity contribution in [2.45, 2.75) is 19.9 Å². The normalized spacial score (nSPS) is 12.5. The molecule has 0 unspecified atom stereocenters. The summed E-state index contributed by atoms with van der Waals surface area (Å²) >= 11 is 0. The van der Waals surface area contributed by atoms with E-state index in [4.69, 9.17) is 9.47 Å². The highest BCUT2D eigenvalue weighted by Crippen LogP contribution is 2.32. The molecule has 1 aliphatic rings. The number of para-hydroxylation sites is 1. The third-order valence-corrected chi connectivity index (χ3v) is 4.41. The van der Waals surface area contributed by atoms with Crippen LogP contribution in [0.4, 0.5) is 0 Å². The average Bonchev–Trinajstić information content (AvgIpc) is 3.26. The first-order valence-electron chi connectivity index (χ1n) is 8.33. The van der Waals surface area contributed by atoms with Gasteiger partial charge in [-0.25, -0.2) is 0 Å². The number of fused-ring (bicyclic) bond motifs is 2. The van der Waals surface area contributed by atoms with E-state index < -0.39 is 0 Å². The van der Waals surface area contributed by atoms with E-state index in [2.05, 4.69) is 10.2 Å². The van der Waals surface area contributed by atoms with Gasteiger partial charge in [-0.1, -0.05) is 24.3 Å². The summed E-state index contributed by atoms with van der Waals surface area (Å²) in [5.41, 5.74) is 2.75. The molecule has 1 N–H and O–H groups in total. The SMILES string of the molecule is CCN(Cc1ccc2c(c1)OCO2)C(=O)Cc1[nH]nc2ccccc12. The molecule has 1 aliphatic heterocycles. The molecular weight excluding hydrogens is 318 g/mol. The number of hydrogen-bond donors (Lipinski definition) is 1. The number of carbonyl (C=O) groups excluding carboxylic acids is 1. The molecule has 4 rings (SSSR count). The number of likely N-dealkylation sites (N-methyl/N-ethyl adjacent to an activating group) is 1. The van der Waals surface area contributed by atoms with E-state index in [0.29, 0.717) is 19.5 Å². The highest BCUT2D eigenvalue weighted by Gasteiger charge is 2.18. The second kappa shape index (κ2) is 6.47. The predicted octanol–water partition coefficient (Wildman–Crippen LogP) is 2.88. The van der Waals surface area contributed by atoms with Crippen LogP contribution in [0, 0.1) is 0 Å². The molecule has 0 radical (unpaired) electrons. The van der Waals surface area contributed by atoms with Gasteiger partial charge in [0.05, 0.1) is 17.6 Å². The van der Waals surface area contributed by atoms with Gasteiger partial charge in [0.1, 0.15) is 0 Å². The number of H-pyrrole nitrogens is 1. The van der Waals surface area contributed by atoms with Gasteiger partial charge < -0.3 is 14.4 Å². The molecule has 0 saturated carbocycles. The van der Waals surface area contributed by atoms with Gasteiger partial charge in [0, 0.05) is 18.5 Å². The lowest BCUT2D eigenvalue weighted by atomic mass is 10.1. The second-order valence-corrected chi connectivity index (χ2v) is 5.99. The quantitative estimate of drug-likeness (QED) is 0.777. The van der Waals surface area contributed by atoms with Crippen LogP contribution in [-0.4, -0.2) is 34.3 Å². The van der Waals surface area contributed by atoms with Crippen LogP contribution in [0.3, 0.4) is 0 Å². The van der Waals surface area contributed by atoms with Gasteiger partial charge in [-0.3, -0.25) is 9.89 Å². The maximum atomic E-state index is 12.7. The first-order valence-corrected chi connectivity index (χ1v) is 8.33. The molecule has 0 aliphatic carbocycles. The molecule has 1 amide bonds. The van der Waals surface area contributed by atoms with E-state index in [9.17, 15) is 4.79 Å². The van der Waals surface area contributed by atoms with Gasteiger partial charge in [0.2, 0.25) is 12.7 Å². The van der Waals surface area contributed by atoms with Crippen molar-refractivity contribution >= 4 is 16.8 Å². The third-order valence-electron chi connectivity index (χ3n) is 4.41. The van der Waals surface area contributed by atoms with Crippen LogP contribution in [0.1, 0.15) is 18.2 Å². The Bertz CT molecular complexity index is 919. The van der Waals surface area contributed by atoms with E-state index in [1.165, 1.54) is 0 Å². The van der Waals surface area contributed by atoms with Crippen molar-refractivity contribution in [3.63, 3.8) is 0 Å². The minimum absolute atomic E-state index is 0.0644. The second-order valence-electron chi connectivity index (χ2n) is 5.99. The van der Waals surface area contributed by atoms with Crippen LogP contribution < -0.4 is 9.47 Å². The van der Waals surface area contributed by atoms with Crippen molar-refractivity contribution in [1.82, 2.24) is 15.1 Å². The summed E-state index contributed by atoms with van der Waals surface area (Å²) in [5, 5.41) is 8.24. The lowest BCUT2D eigenvalue weighted by Crippen LogP contribution is -2.31. The molecule has 0 fully saturated rings. The molecular formula is C19H19N3O3. The van der Waals surface area contributed by atoms with Crippen molar-refractivity contribution in [2.75, 3.05) is 13.3 Å². The van der Waals surface area contributed by atoms with Gasteiger partial charge in [-0.05, 0) is 30.7 Å². The largest absolute Gasteiger partial charge is 0.454 e. The Hall–Kier alpha value is -3.02. The van der Waals surface area contributed by atoms with Crippen molar-refractivity contribution in [3.05, 3.63) is 53.7 Å². The average molecular weight is 337 g/mol. The Morgan fingerprint density at radius 1 is 1.20 bits per heavy atom. The van der Waals surface area contributed by atoms with Crippen LogP contribution in [0.2, 0.25) is 0 Å². The molecule has 0 atom stereocenters. The molecule has 128 valence electrons. The number of nitrogens with one attached hydrogen (secondary N) is 1. The fraction of sp³-hybridized carbons (Fsp3) is 0.263. The number of aromatic amines is 1.